The summed E-state index contributed by atoms with van der Waals surface area (Å²) in [6.45, 7) is 2.33. The Kier molecular flexibility index (Phi) is 7.75. The second-order valence-electron chi connectivity index (χ2n) is 9.65. The third kappa shape index (κ3) is 5.58. The summed E-state index contributed by atoms with van der Waals surface area (Å²) < 4.78 is 24.5. The smallest absolute Gasteiger partial charge is 0.282 e. The Morgan fingerprint density at radius 2 is 1.77 bits per heavy atom. The van der Waals surface area contributed by atoms with E-state index in [2.05, 4.69) is 5.10 Å². The maximum atomic E-state index is 13.6. The second kappa shape index (κ2) is 12.1. The van der Waals surface area contributed by atoms with Gasteiger partial charge >= 0.3 is 0 Å². The van der Waals surface area contributed by atoms with Crippen molar-refractivity contribution in [2.24, 2.45) is 5.10 Å². The van der Waals surface area contributed by atoms with Crippen LogP contribution in [0.15, 0.2) is 105 Å². The molecule has 44 heavy (non-hydrogen) atoms. The Labute approximate surface area is 250 Å². The number of fused-ring (bicyclic) bond motifs is 2. The highest BCUT2D eigenvalue weighted by molar-refractivity contribution is 5.88. The summed E-state index contributed by atoms with van der Waals surface area (Å²) in [5, 5.41) is 16.8. The lowest BCUT2D eigenvalue weighted by atomic mass is 10.2. The molecule has 0 saturated carbocycles. The number of aromatic nitrogens is 2. The second-order valence-corrected chi connectivity index (χ2v) is 9.65. The third-order valence-corrected chi connectivity index (χ3v) is 6.82. The van der Waals surface area contributed by atoms with Gasteiger partial charge in [-0.25, -0.2) is 4.98 Å². The average Bonchev–Trinajstić information content (AvgIpc) is 3.49. The maximum absolute atomic E-state index is 13.6. The summed E-state index contributed by atoms with van der Waals surface area (Å²) in [6, 6.07) is 25.7. The quantitative estimate of drug-likeness (QED) is 0.0992. The number of hydrogen-bond donors (Lipinski definition) is 0. The lowest BCUT2D eigenvalue weighted by Gasteiger charge is -2.13. The molecule has 2 heterocycles. The first-order chi connectivity index (χ1) is 21.4. The number of nitrogens with zero attached hydrogens (tertiary/aromatic N) is 4. The summed E-state index contributed by atoms with van der Waals surface area (Å²) >= 11 is 0. The van der Waals surface area contributed by atoms with Gasteiger partial charge in [-0.3, -0.25) is 14.9 Å². The Morgan fingerprint density at radius 3 is 2.59 bits per heavy atom. The van der Waals surface area contributed by atoms with Gasteiger partial charge < -0.3 is 18.6 Å². The van der Waals surface area contributed by atoms with E-state index in [0.29, 0.717) is 57.2 Å². The number of non-ortho nitro benzene ring substituents is 1. The summed E-state index contributed by atoms with van der Waals surface area (Å²) in [4.78, 5) is 29.0. The van der Waals surface area contributed by atoms with Crippen LogP contribution in [0, 0.1) is 10.1 Å². The number of benzene rings is 4. The highest BCUT2D eigenvalue weighted by atomic mass is 16.6. The first-order valence-electron chi connectivity index (χ1n) is 13.7. The standard InChI is InChI=1S/C33H26N4O7/c1-3-42-30-17-21(14-15-29(30)43-20-22-8-6-9-23(16-22)37(39)40)19-34-36-32(35-26-11-5-4-10-24(26)33(36)38)31-18-25-27(41-2)12-7-13-28(25)44-31/h4-19H,3,20H2,1-2H3. The van der Waals surface area contributed by atoms with E-state index in [1.54, 1.807) is 61.7 Å². The van der Waals surface area contributed by atoms with Gasteiger partial charge in [-0.2, -0.15) is 9.78 Å². The van der Waals surface area contributed by atoms with Crippen LogP contribution in [0.25, 0.3) is 33.5 Å². The molecular weight excluding hydrogens is 564 g/mol. The third-order valence-electron chi connectivity index (χ3n) is 6.82. The van der Waals surface area contributed by atoms with Gasteiger partial charge in [0.15, 0.2) is 17.3 Å². The molecule has 0 unspecified atom stereocenters. The number of methoxy groups -OCH3 is 1. The highest BCUT2D eigenvalue weighted by Gasteiger charge is 2.18. The summed E-state index contributed by atoms with van der Waals surface area (Å²) in [6.07, 6.45) is 1.53. The van der Waals surface area contributed by atoms with Crippen LogP contribution in [-0.4, -0.2) is 34.5 Å². The number of hydrogen-bond acceptors (Lipinski definition) is 9. The molecular formula is C33H26N4O7. The average molecular weight is 591 g/mol. The van der Waals surface area contributed by atoms with Crippen LogP contribution < -0.4 is 19.8 Å². The van der Waals surface area contributed by atoms with Crippen LogP contribution in [0.1, 0.15) is 18.1 Å². The van der Waals surface area contributed by atoms with Crippen LogP contribution >= 0.6 is 0 Å². The molecule has 0 N–H and O–H groups in total. The van der Waals surface area contributed by atoms with Gasteiger partial charge in [-0.15, -0.1) is 0 Å². The molecule has 220 valence electrons. The van der Waals surface area contributed by atoms with E-state index < -0.39 is 4.92 Å². The van der Waals surface area contributed by atoms with E-state index in [-0.39, 0.29) is 23.7 Å². The van der Waals surface area contributed by atoms with Gasteiger partial charge in [0, 0.05) is 12.1 Å². The Bertz CT molecular complexity index is 2100. The highest BCUT2D eigenvalue weighted by Crippen LogP contribution is 2.33. The molecule has 6 aromatic rings. The minimum Gasteiger partial charge on any atom is -0.496 e. The molecule has 0 radical (unpaired) electrons. The van der Waals surface area contributed by atoms with Gasteiger partial charge in [-0.1, -0.05) is 30.3 Å². The van der Waals surface area contributed by atoms with Crippen molar-refractivity contribution in [1.82, 2.24) is 9.66 Å². The monoisotopic (exact) mass is 590 g/mol. The molecule has 0 aliphatic heterocycles. The summed E-state index contributed by atoms with van der Waals surface area (Å²) in [5.74, 6) is 2.12. The molecule has 0 spiro atoms. The Hall–Kier alpha value is -5.97. The van der Waals surface area contributed by atoms with E-state index in [4.69, 9.17) is 23.6 Å². The van der Waals surface area contributed by atoms with Gasteiger partial charge in [0.05, 0.1) is 41.1 Å². The summed E-state index contributed by atoms with van der Waals surface area (Å²) in [7, 11) is 1.58. The molecule has 0 saturated heterocycles. The maximum Gasteiger partial charge on any atom is 0.282 e. The SMILES string of the molecule is CCOc1cc(C=Nn2c(-c3cc4c(OC)cccc4o3)nc3ccccc3c2=O)ccc1OCc1cccc([N+](=O)[O-])c1. The fourth-order valence-corrected chi connectivity index (χ4v) is 4.75. The van der Waals surface area contributed by atoms with Crippen molar-refractivity contribution in [1.29, 1.82) is 0 Å². The van der Waals surface area contributed by atoms with E-state index >= 15 is 0 Å². The number of nitro benzene ring substituents is 1. The Morgan fingerprint density at radius 1 is 0.932 bits per heavy atom. The molecule has 0 fully saturated rings. The van der Waals surface area contributed by atoms with Crippen molar-refractivity contribution in [3.8, 4) is 28.8 Å². The zero-order chi connectivity index (χ0) is 30.6. The van der Waals surface area contributed by atoms with Crippen molar-refractivity contribution >= 4 is 33.8 Å². The van der Waals surface area contributed by atoms with Crippen molar-refractivity contribution in [3.05, 3.63) is 123 Å². The molecule has 11 heteroatoms. The van der Waals surface area contributed by atoms with Crippen LogP contribution in [0.4, 0.5) is 5.69 Å². The van der Waals surface area contributed by atoms with Crippen LogP contribution in [0.3, 0.4) is 0 Å². The van der Waals surface area contributed by atoms with Crippen molar-refractivity contribution < 1.29 is 23.6 Å². The number of para-hydroxylation sites is 1. The van der Waals surface area contributed by atoms with Gasteiger partial charge in [0.2, 0.25) is 5.82 Å². The van der Waals surface area contributed by atoms with E-state index in [0.717, 1.165) is 5.39 Å². The van der Waals surface area contributed by atoms with Crippen LogP contribution in [0.2, 0.25) is 0 Å². The van der Waals surface area contributed by atoms with E-state index in [1.165, 1.54) is 23.0 Å². The topological polar surface area (TPSA) is 131 Å². The molecule has 6 rings (SSSR count). The zero-order valence-corrected chi connectivity index (χ0v) is 23.8. The number of furan rings is 1. The van der Waals surface area contributed by atoms with Gasteiger partial charge in [0.1, 0.15) is 17.9 Å². The van der Waals surface area contributed by atoms with Gasteiger partial charge in [-0.05, 0) is 66.6 Å². The fraction of sp³-hybridized carbons (Fsp3) is 0.121. The molecule has 11 nitrogen and oxygen atoms in total. The van der Waals surface area contributed by atoms with Crippen molar-refractivity contribution in [2.45, 2.75) is 13.5 Å². The normalized spacial score (nSPS) is 11.3. The fourth-order valence-electron chi connectivity index (χ4n) is 4.75. The molecule has 4 aromatic carbocycles. The van der Waals surface area contributed by atoms with Gasteiger partial charge in [0.25, 0.3) is 11.2 Å². The van der Waals surface area contributed by atoms with Crippen LogP contribution in [-0.2, 0) is 6.61 Å². The van der Waals surface area contributed by atoms with E-state index in [9.17, 15) is 14.9 Å². The number of ether oxygens (including phenoxy) is 3. The largest absolute Gasteiger partial charge is 0.496 e. The zero-order valence-electron chi connectivity index (χ0n) is 23.8. The van der Waals surface area contributed by atoms with Crippen LogP contribution in [0.5, 0.6) is 17.2 Å². The molecule has 0 aliphatic rings. The first kappa shape index (κ1) is 28.2. The molecule has 0 amide bonds. The molecule has 0 aliphatic carbocycles. The van der Waals surface area contributed by atoms with Crippen molar-refractivity contribution in [2.75, 3.05) is 13.7 Å². The number of rotatable bonds is 10. The predicted octanol–water partition coefficient (Wildman–Crippen LogP) is 6.59. The van der Waals surface area contributed by atoms with E-state index in [1.807, 2.05) is 31.2 Å². The Balaban J connectivity index is 1.36. The summed E-state index contributed by atoms with van der Waals surface area (Å²) in [5.41, 5.74) is 1.99. The number of nitro groups is 1. The molecule has 0 bridgehead atoms. The minimum atomic E-state index is -0.448. The van der Waals surface area contributed by atoms with Crippen molar-refractivity contribution in [3.63, 3.8) is 0 Å². The lowest BCUT2D eigenvalue weighted by molar-refractivity contribution is -0.384. The first-order valence-corrected chi connectivity index (χ1v) is 13.7. The molecule has 2 aromatic heterocycles. The minimum absolute atomic E-state index is 0.0118. The predicted molar refractivity (Wildman–Crippen MR) is 166 cm³/mol. The lowest BCUT2D eigenvalue weighted by Crippen LogP contribution is -2.20. The molecule has 0 atom stereocenters.